The van der Waals surface area contributed by atoms with Crippen LogP contribution in [0.2, 0.25) is 0 Å². The van der Waals surface area contributed by atoms with Gasteiger partial charge >= 0.3 is 0 Å². The van der Waals surface area contributed by atoms with Gasteiger partial charge in [0, 0.05) is 37.7 Å². The Morgan fingerprint density at radius 3 is 1.73 bits per heavy atom. The lowest BCUT2D eigenvalue weighted by Crippen LogP contribution is -2.47. The number of hydrogen-bond acceptors (Lipinski definition) is 12. The predicted molar refractivity (Wildman–Crippen MR) is 194 cm³/mol. The van der Waals surface area contributed by atoms with E-state index in [9.17, 15) is 26.4 Å². The maximum Gasteiger partial charge on any atom is 0.247 e. The summed E-state index contributed by atoms with van der Waals surface area (Å²) < 4.78 is 59.6. The summed E-state index contributed by atoms with van der Waals surface area (Å²) in [6, 6.07) is 7.54. The molecule has 49 heavy (non-hydrogen) atoms. The van der Waals surface area contributed by atoms with E-state index in [1.807, 2.05) is 29.6 Å². The lowest BCUT2D eigenvalue weighted by Gasteiger charge is -2.28. The van der Waals surface area contributed by atoms with Gasteiger partial charge in [0.25, 0.3) is 0 Å². The minimum Gasteiger partial charge on any atom is -0.381 e. The molecule has 2 N–H and O–H groups in total. The molecule has 1 aromatic carbocycles. The van der Waals surface area contributed by atoms with Gasteiger partial charge in [-0.25, -0.2) is 26.8 Å². The summed E-state index contributed by atoms with van der Waals surface area (Å²) in [5.74, 6) is -0.383. The number of nitrogens with zero attached hydrogens (tertiary/aromatic N) is 2. The normalized spacial score (nSPS) is 18.4. The van der Waals surface area contributed by atoms with E-state index in [4.69, 9.17) is 9.47 Å². The number of fused-ring (bicyclic) bond motifs is 1. The van der Waals surface area contributed by atoms with Crippen LogP contribution >= 0.6 is 22.7 Å². The van der Waals surface area contributed by atoms with Gasteiger partial charge in [0.15, 0.2) is 29.9 Å². The number of benzene rings is 1. The fraction of sp³-hybridized carbons (Fsp3) is 0.636. The molecule has 0 bridgehead atoms. The van der Waals surface area contributed by atoms with Gasteiger partial charge in [-0.05, 0) is 90.2 Å². The first kappa shape index (κ1) is 37.7. The van der Waals surface area contributed by atoms with Crippen molar-refractivity contribution < 1.29 is 35.9 Å². The molecule has 2 aromatic heterocycles. The molecule has 3 fully saturated rings. The molecule has 2 saturated heterocycles. The van der Waals surface area contributed by atoms with Gasteiger partial charge in [-0.2, -0.15) is 0 Å². The SMILES string of the molecule is CC(C)(C(=O)Nc1nc(C2CC2)cs1)S(=O)(=O)CC1CCOCC1.CC(C)(C(=O)Nc1nc2ccccc2s1)S(=O)(=O)CC1CCOCC1. The molecule has 0 spiro atoms. The lowest BCUT2D eigenvalue weighted by molar-refractivity contribution is -0.118. The smallest absolute Gasteiger partial charge is 0.247 e. The zero-order valence-electron chi connectivity index (χ0n) is 28.4. The summed E-state index contributed by atoms with van der Waals surface area (Å²) in [6.45, 7) is 8.23. The van der Waals surface area contributed by atoms with Gasteiger partial charge in [-0.15, -0.1) is 11.3 Å². The van der Waals surface area contributed by atoms with Crippen LogP contribution in [-0.4, -0.2) is 86.0 Å². The number of carbonyl (C=O) groups is 2. The molecule has 0 unspecified atom stereocenters. The molecule has 270 valence electrons. The van der Waals surface area contributed by atoms with Gasteiger partial charge in [0.1, 0.15) is 9.49 Å². The van der Waals surface area contributed by atoms with Crippen molar-refractivity contribution in [2.75, 3.05) is 48.6 Å². The van der Waals surface area contributed by atoms with Crippen LogP contribution in [0.3, 0.4) is 0 Å². The summed E-state index contributed by atoms with van der Waals surface area (Å²) in [6.07, 6.45) is 5.18. The second kappa shape index (κ2) is 15.4. The monoisotopic (exact) mass is 754 g/mol. The van der Waals surface area contributed by atoms with Gasteiger partial charge in [-0.3, -0.25) is 9.59 Å². The summed E-state index contributed by atoms with van der Waals surface area (Å²) in [7, 11) is -7.17. The Hall–Kier alpha value is -2.50. The van der Waals surface area contributed by atoms with E-state index >= 15 is 0 Å². The van der Waals surface area contributed by atoms with Crippen molar-refractivity contribution in [3.05, 3.63) is 35.3 Å². The number of nitrogens with one attached hydrogen (secondary N) is 2. The second-order valence-corrected chi connectivity index (χ2v) is 21.0. The highest BCUT2D eigenvalue weighted by Crippen LogP contribution is 2.41. The molecular formula is C33H46N4O8S4. The molecule has 4 heterocycles. The highest BCUT2D eigenvalue weighted by atomic mass is 32.2. The number of anilines is 2. The number of ether oxygens (including phenoxy) is 2. The third-order valence-corrected chi connectivity index (χ3v) is 16.5. The average molecular weight is 755 g/mol. The lowest BCUT2D eigenvalue weighted by atomic mass is 10.0. The summed E-state index contributed by atoms with van der Waals surface area (Å²) in [5.41, 5.74) is 1.78. The maximum absolute atomic E-state index is 12.8. The van der Waals surface area contributed by atoms with Crippen LogP contribution < -0.4 is 10.6 Å². The molecule has 2 amide bonds. The Balaban J connectivity index is 0.000000191. The van der Waals surface area contributed by atoms with Crippen molar-refractivity contribution in [3.8, 4) is 0 Å². The van der Waals surface area contributed by atoms with Crippen LogP contribution in [0.1, 0.15) is 77.8 Å². The standard InChI is InChI=1S/C17H22N2O4S2.C16H24N2O4S2/c1-17(2,25(21,22)11-12-7-9-23-10-8-12)15(20)19-16-18-13-5-3-4-6-14(13)24-16;1-16(2,24(20,21)10-11-5-7-22-8-6-11)14(19)18-15-17-13(9-23-15)12-3-4-12/h3-6,12H,7-11H2,1-2H3,(H,18,19,20);9,11-12H,3-8,10H2,1-2H3,(H,17,18,19). The highest BCUT2D eigenvalue weighted by Gasteiger charge is 2.44. The molecule has 3 aliphatic rings. The third-order valence-electron chi connectivity index (χ3n) is 9.49. The first-order valence-electron chi connectivity index (χ1n) is 16.6. The number of aromatic nitrogens is 2. The Morgan fingerprint density at radius 2 is 1.24 bits per heavy atom. The summed E-state index contributed by atoms with van der Waals surface area (Å²) in [4.78, 5) is 34.0. The third kappa shape index (κ3) is 9.25. The molecule has 0 radical (unpaired) electrons. The number of thiazole rings is 2. The summed E-state index contributed by atoms with van der Waals surface area (Å²) in [5, 5.41) is 8.21. The number of para-hydroxylation sites is 1. The van der Waals surface area contributed by atoms with Crippen LogP contribution in [0, 0.1) is 11.8 Å². The van der Waals surface area contributed by atoms with E-state index in [1.165, 1.54) is 50.4 Å². The van der Waals surface area contributed by atoms with E-state index in [1.54, 1.807) is 0 Å². The van der Waals surface area contributed by atoms with E-state index in [0.29, 0.717) is 42.6 Å². The molecule has 3 aromatic rings. The molecule has 6 rings (SSSR count). The molecule has 0 atom stereocenters. The fourth-order valence-electron chi connectivity index (χ4n) is 5.48. The Morgan fingerprint density at radius 1 is 0.755 bits per heavy atom. The second-order valence-electron chi connectivity index (χ2n) is 13.9. The van der Waals surface area contributed by atoms with Crippen molar-refractivity contribution in [1.29, 1.82) is 0 Å². The van der Waals surface area contributed by atoms with Crippen molar-refractivity contribution in [1.82, 2.24) is 9.97 Å². The average Bonchev–Trinajstić information content (AvgIpc) is 3.66. The maximum atomic E-state index is 12.8. The van der Waals surface area contributed by atoms with Crippen LogP contribution in [0.4, 0.5) is 10.3 Å². The Kier molecular flexibility index (Phi) is 11.9. The molecule has 12 nitrogen and oxygen atoms in total. The van der Waals surface area contributed by atoms with Crippen LogP contribution in [-0.2, 0) is 38.7 Å². The minimum atomic E-state index is -3.60. The van der Waals surface area contributed by atoms with Gasteiger partial charge in [0.05, 0.1) is 27.4 Å². The first-order valence-corrected chi connectivity index (χ1v) is 21.6. The zero-order valence-corrected chi connectivity index (χ0v) is 31.7. The first-order chi connectivity index (χ1) is 23.1. The van der Waals surface area contributed by atoms with Crippen molar-refractivity contribution in [3.63, 3.8) is 0 Å². The zero-order chi connectivity index (χ0) is 35.5. The molecule has 16 heteroatoms. The summed E-state index contributed by atoms with van der Waals surface area (Å²) >= 11 is 2.69. The van der Waals surface area contributed by atoms with Crippen molar-refractivity contribution in [2.45, 2.75) is 81.6 Å². The van der Waals surface area contributed by atoms with Crippen molar-refractivity contribution >= 4 is 74.6 Å². The number of rotatable bonds is 11. The van der Waals surface area contributed by atoms with Gasteiger partial charge in [0.2, 0.25) is 11.8 Å². The molecule has 1 aliphatic carbocycles. The topological polar surface area (TPSA) is 171 Å². The highest BCUT2D eigenvalue weighted by molar-refractivity contribution is 7.93. The van der Waals surface area contributed by atoms with Gasteiger partial charge in [-0.1, -0.05) is 23.5 Å². The number of carbonyl (C=O) groups excluding carboxylic acids is 2. The number of sulfone groups is 2. The molecule has 1 saturated carbocycles. The van der Waals surface area contributed by atoms with Crippen LogP contribution in [0.25, 0.3) is 10.2 Å². The quantitative estimate of drug-likeness (QED) is 0.257. The number of hydrogen-bond donors (Lipinski definition) is 2. The Bertz CT molecular complexity index is 1800. The molecular weight excluding hydrogens is 709 g/mol. The van der Waals surface area contributed by atoms with E-state index < -0.39 is 41.0 Å². The van der Waals surface area contributed by atoms with Crippen molar-refractivity contribution in [2.24, 2.45) is 11.8 Å². The molecule has 2 aliphatic heterocycles. The largest absolute Gasteiger partial charge is 0.381 e. The van der Waals surface area contributed by atoms with E-state index in [0.717, 1.165) is 54.4 Å². The fourth-order valence-corrected chi connectivity index (χ4v) is 10.5. The minimum absolute atomic E-state index is 0.0105. The van der Waals surface area contributed by atoms with E-state index in [2.05, 4.69) is 20.6 Å². The number of amides is 2. The Labute approximate surface area is 296 Å². The van der Waals surface area contributed by atoms with Crippen LogP contribution in [0.5, 0.6) is 0 Å². The van der Waals surface area contributed by atoms with Gasteiger partial charge < -0.3 is 20.1 Å². The van der Waals surface area contributed by atoms with E-state index in [-0.39, 0.29) is 23.3 Å². The predicted octanol–water partition coefficient (Wildman–Crippen LogP) is 5.43. The van der Waals surface area contributed by atoms with Crippen LogP contribution in [0.15, 0.2) is 29.6 Å².